The molecule has 4 heteroatoms. The molecule has 0 spiro atoms. The van der Waals surface area contributed by atoms with Crippen LogP contribution in [0.1, 0.15) is 155 Å². The number of ether oxygens (including phenoxy) is 1. The smallest absolute Gasteiger partial charge is 0.320 e. The zero-order valence-electron chi connectivity index (χ0n) is 21.5. The first kappa shape index (κ1) is 30.9. The van der Waals surface area contributed by atoms with Gasteiger partial charge in [0.15, 0.2) is 5.92 Å². The van der Waals surface area contributed by atoms with E-state index in [-0.39, 0.29) is 0 Å². The minimum Gasteiger partial charge on any atom is -0.481 e. The summed E-state index contributed by atoms with van der Waals surface area (Å²) in [6, 6.07) is 0. The van der Waals surface area contributed by atoms with E-state index < -0.39 is 17.9 Å². The molecule has 0 bridgehead atoms. The molecule has 1 unspecified atom stereocenters. The zero-order valence-corrected chi connectivity index (χ0v) is 21.5. The van der Waals surface area contributed by atoms with E-state index in [1.807, 2.05) is 0 Å². The quantitative estimate of drug-likeness (QED) is 0.0849. The molecule has 0 rings (SSSR count). The van der Waals surface area contributed by atoms with Crippen LogP contribution < -0.4 is 0 Å². The van der Waals surface area contributed by atoms with E-state index in [4.69, 9.17) is 4.74 Å². The van der Waals surface area contributed by atoms with Crippen LogP contribution >= 0.6 is 0 Å². The van der Waals surface area contributed by atoms with Gasteiger partial charge in [-0.1, -0.05) is 142 Å². The average Bonchev–Trinajstić information content (AvgIpc) is 2.78. The van der Waals surface area contributed by atoms with Crippen molar-refractivity contribution >= 4 is 11.9 Å². The number of hydrogen-bond donors (Lipinski definition) is 1. The van der Waals surface area contributed by atoms with Gasteiger partial charge in [0.1, 0.15) is 0 Å². The number of unbranched alkanes of at least 4 members (excludes halogenated alkanes) is 19. The Morgan fingerprint density at radius 1 is 0.562 bits per heavy atom. The summed E-state index contributed by atoms with van der Waals surface area (Å²) in [4.78, 5) is 23.5. The summed E-state index contributed by atoms with van der Waals surface area (Å²) in [7, 11) is 0. The molecule has 0 fully saturated rings. The summed E-state index contributed by atoms with van der Waals surface area (Å²) in [5, 5.41) is 9.34. The molecule has 0 radical (unpaired) electrons. The molecule has 0 heterocycles. The number of hydrogen-bond acceptors (Lipinski definition) is 3. The van der Waals surface area contributed by atoms with E-state index in [0.717, 1.165) is 38.5 Å². The van der Waals surface area contributed by atoms with Crippen molar-refractivity contribution in [3.8, 4) is 0 Å². The van der Waals surface area contributed by atoms with Crippen molar-refractivity contribution in [2.45, 2.75) is 155 Å². The predicted molar refractivity (Wildman–Crippen MR) is 135 cm³/mol. The number of carbonyl (C=O) groups is 2. The van der Waals surface area contributed by atoms with Crippen LogP contribution in [0.5, 0.6) is 0 Å². The monoisotopic (exact) mass is 454 g/mol. The van der Waals surface area contributed by atoms with Crippen LogP contribution in [0.4, 0.5) is 0 Å². The molecule has 0 aliphatic rings. The fraction of sp³-hybridized carbons (Fsp3) is 0.929. The van der Waals surface area contributed by atoms with Crippen molar-refractivity contribution in [2.75, 3.05) is 6.61 Å². The minimum absolute atomic E-state index is 0.352. The Labute approximate surface area is 199 Å². The van der Waals surface area contributed by atoms with Gasteiger partial charge in [-0.15, -0.1) is 0 Å². The molecule has 0 amide bonds. The van der Waals surface area contributed by atoms with Crippen molar-refractivity contribution in [2.24, 2.45) is 5.92 Å². The molecule has 4 nitrogen and oxygen atoms in total. The van der Waals surface area contributed by atoms with Gasteiger partial charge < -0.3 is 9.84 Å². The van der Waals surface area contributed by atoms with Crippen molar-refractivity contribution < 1.29 is 19.4 Å². The van der Waals surface area contributed by atoms with Gasteiger partial charge in [0.2, 0.25) is 0 Å². The normalized spacial score (nSPS) is 12.1. The third-order valence-corrected chi connectivity index (χ3v) is 6.42. The molecule has 0 aromatic heterocycles. The fourth-order valence-corrected chi connectivity index (χ4v) is 4.22. The van der Waals surface area contributed by atoms with Crippen molar-refractivity contribution in [1.29, 1.82) is 0 Å². The summed E-state index contributed by atoms with van der Waals surface area (Å²) in [5.74, 6) is -2.58. The lowest BCUT2D eigenvalue weighted by molar-refractivity contribution is -0.159. The standard InChI is InChI=1S/C28H54O4/c1-3-5-7-9-10-11-12-13-14-15-16-17-18-19-20-22-24-26(27(29)30)28(31)32-25-23-21-8-6-4-2/h26H,3-25H2,1-2H3,(H,29,30). The molecule has 190 valence electrons. The van der Waals surface area contributed by atoms with Crippen LogP contribution in [0.3, 0.4) is 0 Å². The van der Waals surface area contributed by atoms with Gasteiger partial charge in [0.05, 0.1) is 6.61 Å². The highest BCUT2D eigenvalue weighted by Crippen LogP contribution is 2.16. The van der Waals surface area contributed by atoms with E-state index in [1.165, 1.54) is 96.3 Å². The zero-order chi connectivity index (χ0) is 23.7. The molecule has 1 N–H and O–H groups in total. The van der Waals surface area contributed by atoms with Gasteiger partial charge in [0.25, 0.3) is 0 Å². The minimum atomic E-state index is -1.04. The first-order valence-corrected chi connectivity index (χ1v) is 14.0. The average molecular weight is 455 g/mol. The molecule has 0 aromatic carbocycles. The maximum absolute atomic E-state index is 12.1. The highest BCUT2D eigenvalue weighted by atomic mass is 16.5. The van der Waals surface area contributed by atoms with E-state index in [9.17, 15) is 14.7 Å². The number of rotatable bonds is 25. The lowest BCUT2D eigenvalue weighted by atomic mass is 10.00. The van der Waals surface area contributed by atoms with Crippen molar-refractivity contribution in [1.82, 2.24) is 0 Å². The molecular weight excluding hydrogens is 400 g/mol. The second kappa shape index (κ2) is 24.6. The number of carboxylic acids is 1. The Balaban J connectivity index is 3.51. The Morgan fingerprint density at radius 2 is 0.906 bits per heavy atom. The van der Waals surface area contributed by atoms with Crippen LogP contribution in [0, 0.1) is 5.92 Å². The molecule has 0 aromatic rings. The largest absolute Gasteiger partial charge is 0.481 e. The predicted octanol–water partition coefficient (Wildman–Crippen LogP) is 8.85. The van der Waals surface area contributed by atoms with Crippen LogP contribution in [0.2, 0.25) is 0 Å². The Morgan fingerprint density at radius 3 is 1.28 bits per heavy atom. The van der Waals surface area contributed by atoms with Crippen LogP contribution in [-0.4, -0.2) is 23.7 Å². The van der Waals surface area contributed by atoms with E-state index >= 15 is 0 Å². The van der Waals surface area contributed by atoms with E-state index in [2.05, 4.69) is 13.8 Å². The second-order valence-corrected chi connectivity index (χ2v) is 9.56. The number of aliphatic carboxylic acids is 1. The Kier molecular flexibility index (Phi) is 23.8. The molecule has 0 saturated heterocycles. The van der Waals surface area contributed by atoms with Gasteiger partial charge >= 0.3 is 11.9 Å². The third kappa shape index (κ3) is 20.8. The maximum Gasteiger partial charge on any atom is 0.320 e. The highest BCUT2D eigenvalue weighted by Gasteiger charge is 2.27. The van der Waals surface area contributed by atoms with Crippen molar-refractivity contribution in [3.05, 3.63) is 0 Å². The number of carboxylic acid groups (broad SMARTS) is 1. The maximum atomic E-state index is 12.1. The van der Waals surface area contributed by atoms with Gasteiger partial charge in [0, 0.05) is 0 Å². The molecule has 1 atom stereocenters. The third-order valence-electron chi connectivity index (χ3n) is 6.42. The number of carbonyl (C=O) groups excluding carboxylic acids is 1. The van der Waals surface area contributed by atoms with E-state index in [0.29, 0.717) is 13.0 Å². The van der Waals surface area contributed by atoms with Gasteiger partial charge in [-0.3, -0.25) is 9.59 Å². The van der Waals surface area contributed by atoms with Gasteiger partial charge in [-0.25, -0.2) is 0 Å². The molecule has 32 heavy (non-hydrogen) atoms. The SMILES string of the molecule is CCCCCCCCCCCCCCCCCCC(C(=O)O)C(=O)OCCCCCCC. The molecule has 0 aliphatic carbocycles. The molecule has 0 saturated carbocycles. The highest BCUT2D eigenvalue weighted by molar-refractivity contribution is 5.93. The Bertz CT molecular complexity index is 422. The summed E-state index contributed by atoms with van der Waals surface area (Å²) in [6.45, 7) is 4.78. The van der Waals surface area contributed by atoms with Crippen molar-refractivity contribution in [3.63, 3.8) is 0 Å². The van der Waals surface area contributed by atoms with Crippen LogP contribution in [-0.2, 0) is 14.3 Å². The topological polar surface area (TPSA) is 63.6 Å². The molecular formula is C28H54O4. The molecule has 0 aliphatic heterocycles. The lowest BCUT2D eigenvalue weighted by Crippen LogP contribution is -2.26. The summed E-state index contributed by atoms with van der Waals surface area (Å²) in [6.07, 6.45) is 26.4. The lowest BCUT2D eigenvalue weighted by Gasteiger charge is -2.12. The van der Waals surface area contributed by atoms with Crippen LogP contribution in [0.25, 0.3) is 0 Å². The van der Waals surface area contributed by atoms with Crippen LogP contribution in [0.15, 0.2) is 0 Å². The summed E-state index contributed by atoms with van der Waals surface area (Å²) < 4.78 is 5.21. The first-order valence-electron chi connectivity index (χ1n) is 14.0. The van der Waals surface area contributed by atoms with E-state index in [1.54, 1.807) is 0 Å². The Hall–Kier alpha value is -1.06. The number of esters is 1. The second-order valence-electron chi connectivity index (χ2n) is 9.56. The first-order chi connectivity index (χ1) is 15.6. The fourth-order valence-electron chi connectivity index (χ4n) is 4.22. The van der Waals surface area contributed by atoms with Gasteiger partial charge in [-0.05, 0) is 12.8 Å². The summed E-state index contributed by atoms with van der Waals surface area (Å²) in [5.41, 5.74) is 0. The summed E-state index contributed by atoms with van der Waals surface area (Å²) >= 11 is 0. The van der Waals surface area contributed by atoms with Gasteiger partial charge in [-0.2, -0.15) is 0 Å².